The summed E-state index contributed by atoms with van der Waals surface area (Å²) in [6, 6.07) is 7.05. The molecule has 0 aliphatic heterocycles. The molecule has 0 atom stereocenters. The standard InChI is InChI=1S/C8H5N3O3/c12-11(13)14-8-5-9-6-3-1-2-4-7(6)10-8/h1-5H. The zero-order valence-electron chi connectivity index (χ0n) is 6.95. The molecule has 6 heteroatoms. The summed E-state index contributed by atoms with van der Waals surface area (Å²) in [6.45, 7) is 0. The van der Waals surface area contributed by atoms with E-state index >= 15 is 0 Å². The van der Waals surface area contributed by atoms with Gasteiger partial charge in [-0.25, -0.2) is 4.98 Å². The lowest BCUT2D eigenvalue weighted by Gasteiger charge is -1.98. The molecule has 0 fully saturated rings. The zero-order chi connectivity index (χ0) is 9.97. The van der Waals surface area contributed by atoms with Gasteiger partial charge in [0.1, 0.15) is 0 Å². The molecule has 0 aliphatic rings. The number of para-hydroxylation sites is 2. The Hall–Kier alpha value is -2.24. The van der Waals surface area contributed by atoms with E-state index in [0.717, 1.165) is 0 Å². The molecule has 0 radical (unpaired) electrons. The van der Waals surface area contributed by atoms with Crippen molar-refractivity contribution in [2.75, 3.05) is 0 Å². The smallest absolute Gasteiger partial charge is 0.254 e. The highest BCUT2D eigenvalue weighted by atomic mass is 17.0. The highest BCUT2D eigenvalue weighted by Crippen LogP contribution is 2.12. The van der Waals surface area contributed by atoms with Crippen molar-refractivity contribution in [2.24, 2.45) is 0 Å². The van der Waals surface area contributed by atoms with Gasteiger partial charge in [0.05, 0.1) is 17.2 Å². The van der Waals surface area contributed by atoms with Crippen LogP contribution in [0.25, 0.3) is 11.0 Å². The van der Waals surface area contributed by atoms with E-state index in [2.05, 4.69) is 14.8 Å². The van der Waals surface area contributed by atoms with Crippen LogP contribution in [0.5, 0.6) is 5.88 Å². The minimum atomic E-state index is -0.918. The van der Waals surface area contributed by atoms with Crippen molar-refractivity contribution in [3.05, 3.63) is 40.6 Å². The summed E-state index contributed by atoms with van der Waals surface area (Å²) in [7, 11) is 0. The first kappa shape index (κ1) is 8.36. The minimum Gasteiger partial charge on any atom is -0.254 e. The summed E-state index contributed by atoms with van der Waals surface area (Å²) in [5, 5.41) is 9.10. The monoisotopic (exact) mass is 191 g/mol. The molecule has 0 saturated heterocycles. The van der Waals surface area contributed by atoms with E-state index in [0.29, 0.717) is 11.0 Å². The predicted molar refractivity (Wildman–Crippen MR) is 47.2 cm³/mol. The Labute approximate surface area is 78.3 Å². The van der Waals surface area contributed by atoms with Crippen LogP contribution < -0.4 is 4.84 Å². The van der Waals surface area contributed by atoms with Gasteiger partial charge in [-0.15, -0.1) is 10.1 Å². The molecule has 0 aliphatic carbocycles. The molecule has 6 nitrogen and oxygen atoms in total. The van der Waals surface area contributed by atoms with E-state index in [1.54, 1.807) is 18.2 Å². The number of hydrogen-bond acceptors (Lipinski definition) is 5. The molecule has 70 valence electrons. The van der Waals surface area contributed by atoms with E-state index < -0.39 is 5.09 Å². The van der Waals surface area contributed by atoms with Gasteiger partial charge in [-0.05, 0) is 12.1 Å². The fourth-order valence-corrected chi connectivity index (χ4v) is 1.06. The first-order valence-electron chi connectivity index (χ1n) is 3.80. The maximum Gasteiger partial charge on any atom is 0.301 e. The van der Waals surface area contributed by atoms with Gasteiger partial charge in [0.2, 0.25) is 5.88 Å². The van der Waals surface area contributed by atoms with Crippen LogP contribution in [0.15, 0.2) is 30.5 Å². The van der Waals surface area contributed by atoms with Crippen molar-refractivity contribution in [3.63, 3.8) is 0 Å². The highest BCUT2D eigenvalue weighted by molar-refractivity contribution is 5.73. The third-order valence-electron chi connectivity index (χ3n) is 1.59. The molecule has 0 bridgehead atoms. The summed E-state index contributed by atoms with van der Waals surface area (Å²) in [4.78, 5) is 22.0. The van der Waals surface area contributed by atoms with Crippen LogP contribution in [-0.2, 0) is 0 Å². The number of fused-ring (bicyclic) bond motifs is 1. The molecular weight excluding hydrogens is 186 g/mol. The van der Waals surface area contributed by atoms with Gasteiger partial charge in [-0.3, -0.25) is 9.82 Å². The van der Waals surface area contributed by atoms with Gasteiger partial charge < -0.3 is 0 Å². The van der Waals surface area contributed by atoms with Gasteiger partial charge in [0.15, 0.2) is 0 Å². The second kappa shape index (κ2) is 3.25. The maximum atomic E-state index is 10.0. The molecule has 0 amide bonds. The lowest BCUT2D eigenvalue weighted by atomic mass is 10.3. The van der Waals surface area contributed by atoms with Crippen LogP contribution >= 0.6 is 0 Å². The van der Waals surface area contributed by atoms with Crippen molar-refractivity contribution in [3.8, 4) is 5.88 Å². The molecule has 1 aromatic heterocycles. The summed E-state index contributed by atoms with van der Waals surface area (Å²) in [6.07, 6.45) is 1.21. The normalized spacial score (nSPS) is 10.0. The Morgan fingerprint density at radius 1 is 1.29 bits per heavy atom. The first-order chi connectivity index (χ1) is 6.75. The summed E-state index contributed by atoms with van der Waals surface area (Å²) in [5.41, 5.74) is 1.23. The Morgan fingerprint density at radius 2 is 2.00 bits per heavy atom. The van der Waals surface area contributed by atoms with E-state index in [1.807, 2.05) is 6.07 Å². The van der Waals surface area contributed by atoms with Crippen LogP contribution in [0, 0.1) is 10.1 Å². The average molecular weight is 191 g/mol. The van der Waals surface area contributed by atoms with Gasteiger partial charge in [0, 0.05) is 0 Å². The van der Waals surface area contributed by atoms with Crippen molar-refractivity contribution < 1.29 is 9.92 Å². The van der Waals surface area contributed by atoms with Gasteiger partial charge >= 0.3 is 5.09 Å². The SMILES string of the molecule is O=[N+]([O-])Oc1cnc2ccccc2n1. The van der Waals surface area contributed by atoms with Crippen LogP contribution in [0.1, 0.15) is 0 Å². The number of rotatable bonds is 2. The van der Waals surface area contributed by atoms with E-state index in [1.165, 1.54) is 6.20 Å². The van der Waals surface area contributed by atoms with Crippen molar-refractivity contribution in [1.82, 2.24) is 9.97 Å². The van der Waals surface area contributed by atoms with Crippen LogP contribution in [0.3, 0.4) is 0 Å². The number of hydrogen-bond donors (Lipinski definition) is 0. The Morgan fingerprint density at radius 3 is 2.71 bits per heavy atom. The first-order valence-corrected chi connectivity index (χ1v) is 3.80. The summed E-state index contributed by atoms with van der Waals surface area (Å²) < 4.78 is 0. The van der Waals surface area contributed by atoms with E-state index in [-0.39, 0.29) is 5.88 Å². The second-order valence-corrected chi connectivity index (χ2v) is 2.51. The number of benzene rings is 1. The molecule has 0 N–H and O–H groups in total. The quantitative estimate of drug-likeness (QED) is 0.526. The molecule has 0 saturated carbocycles. The van der Waals surface area contributed by atoms with Crippen LogP contribution in [0.4, 0.5) is 0 Å². The Bertz CT molecular complexity index is 486. The molecule has 0 spiro atoms. The van der Waals surface area contributed by atoms with Crippen LogP contribution in [0.2, 0.25) is 0 Å². The Kier molecular flexibility index (Phi) is 1.94. The molecule has 1 heterocycles. The third kappa shape index (κ3) is 1.58. The fraction of sp³-hybridized carbons (Fsp3) is 0. The molecule has 1 aromatic carbocycles. The topological polar surface area (TPSA) is 78.2 Å². The summed E-state index contributed by atoms with van der Waals surface area (Å²) in [5.74, 6) is -0.117. The van der Waals surface area contributed by atoms with E-state index in [4.69, 9.17) is 0 Å². The predicted octanol–water partition coefficient (Wildman–Crippen LogP) is 1.20. The number of aromatic nitrogens is 2. The molecule has 0 unspecified atom stereocenters. The average Bonchev–Trinajstić information content (AvgIpc) is 2.17. The molecule has 2 aromatic rings. The van der Waals surface area contributed by atoms with Crippen molar-refractivity contribution in [2.45, 2.75) is 0 Å². The second-order valence-electron chi connectivity index (χ2n) is 2.51. The van der Waals surface area contributed by atoms with Crippen LogP contribution in [-0.4, -0.2) is 15.1 Å². The van der Waals surface area contributed by atoms with Gasteiger partial charge in [-0.2, -0.15) is 0 Å². The minimum absolute atomic E-state index is 0.117. The van der Waals surface area contributed by atoms with E-state index in [9.17, 15) is 10.1 Å². The largest absolute Gasteiger partial charge is 0.301 e. The maximum absolute atomic E-state index is 10.0. The lowest BCUT2D eigenvalue weighted by molar-refractivity contribution is -0.712. The number of nitrogens with zero attached hydrogens (tertiary/aromatic N) is 3. The summed E-state index contributed by atoms with van der Waals surface area (Å²) >= 11 is 0. The highest BCUT2D eigenvalue weighted by Gasteiger charge is 2.02. The zero-order valence-corrected chi connectivity index (χ0v) is 6.95. The van der Waals surface area contributed by atoms with Crippen molar-refractivity contribution >= 4 is 11.0 Å². The fourth-order valence-electron chi connectivity index (χ4n) is 1.06. The molecule has 2 rings (SSSR count). The lowest BCUT2D eigenvalue weighted by Crippen LogP contribution is -2.05. The van der Waals surface area contributed by atoms with Gasteiger partial charge in [0.25, 0.3) is 0 Å². The molecule has 14 heavy (non-hydrogen) atoms. The van der Waals surface area contributed by atoms with Crippen molar-refractivity contribution in [1.29, 1.82) is 0 Å². The van der Waals surface area contributed by atoms with Gasteiger partial charge in [-0.1, -0.05) is 12.1 Å². The Balaban J connectivity index is 2.46. The molecular formula is C8H5N3O3. The third-order valence-corrected chi connectivity index (χ3v) is 1.59.